The number of methoxy groups -OCH3 is 1. The average Bonchev–Trinajstić information content (AvgIpc) is 2.85. The van der Waals surface area contributed by atoms with Gasteiger partial charge in [-0.05, 0) is 23.3 Å². The Balaban J connectivity index is 1.73. The summed E-state index contributed by atoms with van der Waals surface area (Å²) in [5.41, 5.74) is 2.39. The van der Waals surface area contributed by atoms with E-state index in [1.807, 2.05) is 36.4 Å². The first-order valence-electron chi connectivity index (χ1n) is 10.3. The van der Waals surface area contributed by atoms with E-state index in [-0.39, 0.29) is 24.8 Å². The summed E-state index contributed by atoms with van der Waals surface area (Å²) in [4.78, 5) is 17.1. The molecule has 0 aliphatic rings. The van der Waals surface area contributed by atoms with Gasteiger partial charge in [0.25, 0.3) is 5.91 Å². The van der Waals surface area contributed by atoms with Crippen molar-refractivity contribution < 1.29 is 23.8 Å². The molecule has 1 amide bonds. The monoisotopic (exact) mass is 502 g/mol. The van der Waals surface area contributed by atoms with Gasteiger partial charge in [0.2, 0.25) is 0 Å². The number of ether oxygens (including phenoxy) is 3. The maximum absolute atomic E-state index is 12.2. The zero-order valence-corrected chi connectivity index (χ0v) is 20.4. The first-order chi connectivity index (χ1) is 16.5. The molecule has 7 nitrogen and oxygen atoms in total. The molecule has 0 spiro atoms. The van der Waals surface area contributed by atoms with Gasteiger partial charge in [0.1, 0.15) is 31.8 Å². The minimum absolute atomic E-state index is 0.141. The van der Waals surface area contributed by atoms with Crippen LogP contribution in [0.1, 0.15) is 16.7 Å². The molecule has 1 N–H and O–H groups in total. The zero-order chi connectivity index (χ0) is 24.5. The van der Waals surface area contributed by atoms with Crippen LogP contribution in [0.2, 0.25) is 10.0 Å². The lowest BCUT2D eigenvalue weighted by Crippen LogP contribution is -2.29. The largest absolute Gasteiger partial charge is 0.497 e. The molecule has 0 radical (unpaired) electrons. The highest BCUT2D eigenvalue weighted by Crippen LogP contribution is 2.37. The predicted octanol–water partition coefficient (Wildman–Crippen LogP) is 5.26. The summed E-state index contributed by atoms with van der Waals surface area (Å²) in [6, 6.07) is 18.0. The molecule has 9 heteroatoms. The molecule has 3 rings (SSSR count). The van der Waals surface area contributed by atoms with E-state index in [0.717, 1.165) is 16.9 Å². The third-order valence-corrected chi connectivity index (χ3v) is 5.37. The van der Waals surface area contributed by atoms with Crippen molar-refractivity contribution in [2.24, 2.45) is 5.16 Å². The van der Waals surface area contributed by atoms with Crippen LogP contribution in [0.5, 0.6) is 17.2 Å². The topological polar surface area (TPSA) is 78.4 Å². The molecule has 0 saturated heterocycles. The van der Waals surface area contributed by atoms with Gasteiger partial charge >= 0.3 is 0 Å². The van der Waals surface area contributed by atoms with Crippen molar-refractivity contribution >= 4 is 34.8 Å². The molecule has 0 aromatic heterocycles. The Morgan fingerprint density at radius 2 is 1.59 bits per heavy atom. The van der Waals surface area contributed by atoms with Crippen molar-refractivity contribution in [2.75, 3.05) is 21.3 Å². The molecule has 0 atom stereocenters. The first kappa shape index (κ1) is 25.2. The number of halogens is 2. The van der Waals surface area contributed by atoms with Gasteiger partial charge in [0, 0.05) is 24.7 Å². The van der Waals surface area contributed by atoms with E-state index >= 15 is 0 Å². The Hall–Kier alpha value is -3.42. The molecule has 3 aromatic carbocycles. The van der Waals surface area contributed by atoms with Gasteiger partial charge in [-0.1, -0.05) is 64.8 Å². The fourth-order valence-electron chi connectivity index (χ4n) is 3.10. The highest BCUT2D eigenvalue weighted by atomic mass is 35.5. The summed E-state index contributed by atoms with van der Waals surface area (Å²) in [6.45, 7) is 0.437. The summed E-state index contributed by atoms with van der Waals surface area (Å²) >= 11 is 12.8. The van der Waals surface area contributed by atoms with Crippen molar-refractivity contribution in [3.63, 3.8) is 0 Å². The number of nitrogens with zero attached hydrogens (tertiary/aromatic N) is 1. The minimum atomic E-state index is -0.376. The summed E-state index contributed by atoms with van der Waals surface area (Å²) in [5.74, 6) is 1.20. The maximum Gasteiger partial charge on any atom is 0.273 e. The molecule has 34 heavy (non-hydrogen) atoms. The highest BCUT2D eigenvalue weighted by molar-refractivity contribution is 6.45. The van der Waals surface area contributed by atoms with Gasteiger partial charge in [0.05, 0.1) is 17.2 Å². The van der Waals surface area contributed by atoms with Gasteiger partial charge in [-0.25, -0.2) is 0 Å². The van der Waals surface area contributed by atoms with Gasteiger partial charge in [-0.3, -0.25) is 4.79 Å². The molecule has 0 bridgehead atoms. The van der Waals surface area contributed by atoms with Crippen LogP contribution in [0.3, 0.4) is 0 Å². The molecule has 0 aliphatic carbocycles. The second-order valence-corrected chi connectivity index (χ2v) is 7.81. The van der Waals surface area contributed by atoms with Crippen LogP contribution in [-0.4, -0.2) is 32.9 Å². The van der Waals surface area contributed by atoms with Crippen LogP contribution in [0, 0.1) is 0 Å². The van der Waals surface area contributed by atoms with Crippen LogP contribution in [-0.2, 0) is 22.8 Å². The fourth-order valence-corrected chi connectivity index (χ4v) is 3.67. The van der Waals surface area contributed by atoms with Gasteiger partial charge in [-0.2, -0.15) is 0 Å². The second kappa shape index (κ2) is 12.2. The highest BCUT2D eigenvalue weighted by Gasteiger charge is 2.18. The van der Waals surface area contributed by atoms with Crippen molar-refractivity contribution in [1.82, 2.24) is 5.32 Å². The number of amides is 1. The minimum Gasteiger partial charge on any atom is -0.497 e. The first-order valence-corrected chi connectivity index (χ1v) is 11.0. The van der Waals surface area contributed by atoms with E-state index in [1.54, 1.807) is 31.4 Å². The average molecular weight is 503 g/mol. The SMILES string of the molecule is CNC(=O)/C(=N/OC)c1ccccc1COc1cc(Cl)c(OCc2ccc(OC)cc2)c(Cl)c1. The molecule has 0 heterocycles. The van der Waals surface area contributed by atoms with Crippen LogP contribution in [0.25, 0.3) is 0 Å². The summed E-state index contributed by atoms with van der Waals surface area (Å²) in [7, 11) is 4.51. The number of benzene rings is 3. The smallest absolute Gasteiger partial charge is 0.273 e. The van der Waals surface area contributed by atoms with Crippen LogP contribution in [0.15, 0.2) is 65.8 Å². The third kappa shape index (κ3) is 6.34. The van der Waals surface area contributed by atoms with Crippen LogP contribution < -0.4 is 19.5 Å². The number of oxime groups is 1. The molecular formula is C25H24Cl2N2O5. The van der Waals surface area contributed by atoms with E-state index in [2.05, 4.69) is 10.5 Å². The lowest BCUT2D eigenvalue weighted by atomic mass is 10.0. The van der Waals surface area contributed by atoms with E-state index in [9.17, 15) is 4.79 Å². The number of hydrogen-bond donors (Lipinski definition) is 1. The van der Waals surface area contributed by atoms with Crippen LogP contribution >= 0.6 is 23.2 Å². The van der Waals surface area contributed by atoms with Crippen molar-refractivity contribution in [3.05, 3.63) is 87.4 Å². The summed E-state index contributed by atoms with van der Waals surface area (Å²) in [6.07, 6.45) is 0. The predicted molar refractivity (Wildman–Crippen MR) is 132 cm³/mol. The van der Waals surface area contributed by atoms with Gasteiger partial charge < -0.3 is 24.4 Å². The van der Waals surface area contributed by atoms with Crippen LogP contribution in [0.4, 0.5) is 0 Å². The van der Waals surface area contributed by atoms with Gasteiger partial charge in [0.15, 0.2) is 11.5 Å². The molecule has 0 aliphatic heterocycles. The Morgan fingerprint density at radius 1 is 0.912 bits per heavy atom. The van der Waals surface area contributed by atoms with E-state index in [4.69, 9.17) is 42.3 Å². The molecule has 178 valence electrons. The van der Waals surface area contributed by atoms with Crippen molar-refractivity contribution in [2.45, 2.75) is 13.2 Å². The molecule has 3 aromatic rings. The lowest BCUT2D eigenvalue weighted by molar-refractivity contribution is -0.114. The Labute approximate surface area is 208 Å². The number of likely N-dealkylation sites (N-methyl/N-ethyl adjacent to an activating group) is 1. The molecule has 0 saturated carbocycles. The third-order valence-electron chi connectivity index (χ3n) is 4.81. The summed E-state index contributed by atoms with van der Waals surface area (Å²) < 4.78 is 16.9. The summed E-state index contributed by atoms with van der Waals surface area (Å²) in [5, 5.41) is 7.05. The number of rotatable bonds is 10. The van der Waals surface area contributed by atoms with Crippen molar-refractivity contribution in [1.29, 1.82) is 0 Å². The zero-order valence-electron chi connectivity index (χ0n) is 18.9. The Kier molecular flexibility index (Phi) is 9.01. The standard InChI is InChI=1S/C25H24Cl2N2O5/c1-28-25(30)23(29-32-3)20-7-5-4-6-17(20)15-33-19-12-21(26)24(22(27)13-19)34-14-16-8-10-18(31-2)11-9-16/h4-13H,14-15H2,1-3H3,(H,28,30)/b29-23+. The Morgan fingerprint density at radius 3 is 2.21 bits per heavy atom. The van der Waals surface area contributed by atoms with E-state index < -0.39 is 0 Å². The van der Waals surface area contributed by atoms with E-state index in [1.165, 1.54) is 14.2 Å². The van der Waals surface area contributed by atoms with Gasteiger partial charge in [-0.15, -0.1) is 0 Å². The number of nitrogens with one attached hydrogen (secondary N) is 1. The molecule has 0 fully saturated rings. The quantitative estimate of drug-likeness (QED) is 0.302. The normalized spacial score (nSPS) is 11.0. The van der Waals surface area contributed by atoms with Crippen molar-refractivity contribution in [3.8, 4) is 17.2 Å². The van der Waals surface area contributed by atoms with E-state index in [0.29, 0.717) is 27.1 Å². The lowest BCUT2D eigenvalue weighted by Gasteiger charge is -2.14. The molecule has 0 unspecified atom stereocenters. The number of carbonyl (C=O) groups is 1. The fraction of sp³-hybridized carbons (Fsp3) is 0.200. The number of carbonyl (C=O) groups excluding carboxylic acids is 1. The second-order valence-electron chi connectivity index (χ2n) is 7.00. The number of hydrogen-bond acceptors (Lipinski definition) is 6. The Bertz CT molecular complexity index is 1140. The maximum atomic E-state index is 12.2. The molecular weight excluding hydrogens is 479 g/mol.